The minimum absolute atomic E-state index is 0. The Morgan fingerprint density at radius 2 is 1.91 bits per heavy atom. The number of carbonyl (C=O) groups is 2. The molecular formula is C24H38IN5O2. The summed E-state index contributed by atoms with van der Waals surface area (Å²) in [6.45, 7) is 10.5. The molecule has 8 heteroatoms. The van der Waals surface area contributed by atoms with Gasteiger partial charge in [0.1, 0.15) is 0 Å². The van der Waals surface area contributed by atoms with Crippen LogP contribution in [0.15, 0.2) is 29.3 Å². The molecular weight excluding hydrogens is 517 g/mol. The van der Waals surface area contributed by atoms with Gasteiger partial charge in [0.05, 0.1) is 6.54 Å². The van der Waals surface area contributed by atoms with Crippen LogP contribution in [-0.4, -0.2) is 59.8 Å². The predicted molar refractivity (Wildman–Crippen MR) is 139 cm³/mol. The molecule has 7 nitrogen and oxygen atoms in total. The smallest absolute Gasteiger partial charge is 0.225 e. The molecule has 3 rings (SSSR count). The highest BCUT2D eigenvalue weighted by atomic mass is 127. The number of halogens is 1. The second-order valence-corrected chi connectivity index (χ2v) is 8.83. The molecule has 2 N–H and O–H groups in total. The fourth-order valence-electron chi connectivity index (χ4n) is 4.21. The van der Waals surface area contributed by atoms with E-state index < -0.39 is 0 Å². The van der Waals surface area contributed by atoms with Crippen LogP contribution in [-0.2, 0) is 22.7 Å². The highest BCUT2D eigenvalue weighted by Crippen LogP contribution is 2.16. The number of nitrogens with zero attached hydrogens (tertiary/aromatic N) is 3. The molecule has 1 aromatic carbocycles. The second-order valence-electron chi connectivity index (χ2n) is 8.83. The summed E-state index contributed by atoms with van der Waals surface area (Å²) in [7, 11) is 0. The zero-order valence-electron chi connectivity index (χ0n) is 19.6. The van der Waals surface area contributed by atoms with Gasteiger partial charge in [-0.1, -0.05) is 38.1 Å². The first kappa shape index (κ1) is 26.4. The van der Waals surface area contributed by atoms with Crippen LogP contribution in [0, 0.1) is 5.92 Å². The van der Waals surface area contributed by atoms with Gasteiger partial charge in [0.2, 0.25) is 11.8 Å². The van der Waals surface area contributed by atoms with E-state index in [0.717, 1.165) is 62.5 Å². The average Bonchev–Trinajstić information content (AvgIpc) is 3.16. The van der Waals surface area contributed by atoms with Gasteiger partial charge in [-0.25, -0.2) is 4.99 Å². The fourth-order valence-corrected chi connectivity index (χ4v) is 4.21. The molecule has 0 aliphatic carbocycles. The van der Waals surface area contributed by atoms with Crippen molar-refractivity contribution in [2.24, 2.45) is 10.9 Å². The number of rotatable bonds is 7. The lowest BCUT2D eigenvalue weighted by Crippen LogP contribution is -2.50. The molecule has 2 aliphatic heterocycles. The Labute approximate surface area is 209 Å². The number of carbonyl (C=O) groups excluding carboxylic acids is 2. The summed E-state index contributed by atoms with van der Waals surface area (Å²) >= 11 is 0. The summed E-state index contributed by atoms with van der Waals surface area (Å²) in [5, 5.41) is 6.88. The number of nitrogens with one attached hydrogen (secondary N) is 2. The fraction of sp³-hybridized carbons (Fsp3) is 0.625. The molecule has 0 bridgehead atoms. The monoisotopic (exact) mass is 555 g/mol. The summed E-state index contributed by atoms with van der Waals surface area (Å²) < 4.78 is 0. The van der Waals surface area contributed by atoms with Crippen LogP contribution in [0.2, 0.25) is 0 Å². The van der Waals surface area contributed by atoms with Crippen molar-refractivity contribution in [3.8, 4) is 0 Å². The Morgan fingerprint density at radius 1 is 1.19 bits per heavy atom. The van der Waals surface area contributed by atoms with Crippen molar-refractivity contribution in [3.63, 3.8) is 0 Å². The first-order valence-corrected chi connectivity index (χ1v) is 11.7. The van der Waals surface area contributed by atoms with Gasteiger partial charge in [0.15, 0.2) is 5.96 Å². The first-order valence-electron chi connectivity index (χ1n) is 11.7. The van der Waals surface area contributed by atoms with Crippen molar-refractivity contribution in [2.45, 2.75) is 65.6 Å². The Kier molecular flexibility index (Phi) is 10.7. The van der Waals surface area contributed by atoms with Crippen LogP contribution < -0.4 is 10.6 Å². The maximum absolute atomic E-state index is 12.2. The van der Waals surface area contributed by atoms with Gasteiger partial charge in [-0.2, -0.15) is 0 Å². The number of likely N-dealkylation sites (tertiary alicyclic amines) is 2. The molecule has 2 heterocycles. The van der Waals surface area contributed by atoms with Gasteiger partial charge < -0.3 is 20.4 Å². The number of hydrogen-bond donors (Lipinski definition) is 2. The zero-order valence-corrected chi connectivity index (χ0v) is 21.9. The minimum atomic E-state index is 0. The first-order chi connectivity index (χ1) is 15.0. The van der Waals surface area contributed by atoms with Crippen molar-refractivity contribution in [1.82, 2.24) is 20.4 Å². The minimum Gasteiger partial charge on any atom is -0.357 e. The van der Waals surface area contributed by atoms with E-state index in [-0.39, 0.29) is 41.7 Å². The maximum Gasteiger partial charge on any atom is 0.225 e. The second kappa shape index (κ2) is 13.0. The molecule has 0 saturated carbocycles. The van der Waals surface area contributed by atoms with Crippen molar-refractivity contribution in [2.75, 3.05) is 26.2 Å². The molecule has 2 fully saturated rings. The number of aliphatic imine (C=N–C) groups is 1. The van der Waals surface area contributed by atoms with Crippen LogP contribution in [0.4, 0.5) is 0 Å². The molecule has 178 valence electrons. The van der Waals surface area contributed by atoms with Gasteiger partial charge in [0, 0.05) is 51.1 Å². The molecule has 0 radical (unpaired) electrons. The predicted octanol–water partition coefficient (Wildman–Crippen LogP) is 3.13. The lowest BCUT2D eigenvalue weighted by molar-refractivity contribution is -0.135. The summed E-state index contributed by atoms with van der Waals surface area (Å²) in [5.41, 5.74) is 2.29. The summed E-state index contributed by atoms with van der Waals surface area (Å²) in [6.07, 6.45) is 3.50. The number of guanidine groups is 1. The van der Waals surface area contributed by atoms with E-state index in [2.05, 4.69) is 35.8 Å². The molecule has 1 aromatic rings. The van der Waals surface area contributed by atoms with Gasteiger partial charge in [-0.3, -0.25) is 9.59 Å². The molecule has 0 spiro atoms. The zero-order chi connectivity index (χ0) is 22.2. The van der Waals surface area contributed by atoms with Crippen molar-refractivity contribution in [1.29, 1.82) is 0 Å². The van der Waals surface area contributed by atoms with Crippen molar-refractivity contribution in [3.05, 3.63) is 35.4 Å². The number of amides is 2. The molecule has 2 aliphatic rings. The lowest BCUT2D eigenvalue weighted by Gasteiger charge is -2.34. The standard InChI is InChI=1S/C24H37N5O2.HI/c1-4-25-24(27-21-10-13-28(14-11-21)23(31)18(2)3)26-16-19-7-5-8-20(15-19)17-29-12-6-9-22(29)30;/h5,7-8,15,18,21H,4,6,9-14,16-17H2,1-3H3,(H2,25,26,27);1H. The van der Waals surface area contributed by atoms with Crippen molar-refractivity contribution < 1.29 is 9.59 Å². The average molecular weight is 556 g/mol. The van der Waals surface area contributed by atoms with Gasteiger partial charge in [-0.05, 0) is 37.3 Å². The number of hydrogen-bond acceptors (Lipinski definition) is 3. The molecule has 32 heavy (non-hydrogen) atoms. The molecule has 0 unspecified atom stereocenters. The Hall–Kier alpha value is -1.84. The van der Waals surface area contributed by atoms with Gasteiger partial charge in [0.25, 0.3) is 0 Å². The molecule has 0 atom stereocenters. The SMILES string of the molecule is CCNC(=NCc1cccc(CN2CCCC2=O)c1)NC1CCN(C(=O)C(C)C)CC1.I. The number of benzene rings is 1. The normalized spacial score (nSPS) is 17.5. The van der Waals surface area contributed by atoms with E-state index in [4.69, 9.17) is 4.99 Å². The Bertz CT molecular complexity index is 790. The van der Waals surface area contributed by atoms with Crippen molar-refractivity contribution >= 4 is 41.8 Å². The van der Waals surface area contributed by atoms with Crippen LogP contribution >= 0.6 is 24.0 Å². The highest BCUT2D eigenvalue weighted by molar-refractivity contribution is 14.0. The highest BCUT2D eigenvalue weighted by Gasteiger charge is 2.24. The van der Waals surface area contributed by atoms with Crippen LogP contribution in [0.25, 0.3) is 0 Å². The Balaban J connectivity index is 0.00000363. The van der Waals surface area contributed by atoms with Crippen LogP contribution in [0.3, 0.4) is 0 Å². The molecule has 0 aromatic heterocycles. The summed E-state index contributed by atoms with van der Waals surface area (Å²) in [5.74, 6) is 1.37. The lowest BCUT2D eigenvalue weighted by atomic mass is 10.0. The third-order valence-corrected chi connectivity index (χ3v) is 5.94. The molecule has 2 amide bonds. The van der Waals surface area contributed by atoms with E-state index in [1.165, 1.54) is 0 Å². The van der Waals surface area contributed by atoms with Gasteiger partial charge >= 0.3 is 0 Å². The molecule has 2 saturated heterocycles. The van der Waals surface area contributed by atoms with E-state index >= 15 is 0 Å². The van der Waals surface area contributed by atoms with E-state index in [1.807, 2.05) is 29.7 Å². The van der Waals surface area contributed by atoms with E-state index in [9.17, 15) is 9.59 Å². The largest absolute Gasteiger partial charge is 0.357 e. The topological polar surface area (TPSA) is 77.0 Å². The number of piperidine rings is 1. The van der Waals surface area contributed by atoms with Crippen LogP contribution in [0.1, 0.15) is 57.6 Å². The van der Waals surface area contributed by atoms with E-state index in [0.29, 0.717) is 25.6 Å². The maximum atomic E-state index is 12.2. The van der Waals surface area contributed by atoms with E-state index in [1.54, 1.807) is 0 Å². The Morgan fingerprint density at radius 3 is 2.53 bits per heavy atom. The third-order valence-electron chi connectivity index (χ3n) is 5.94. The third kappa shape index (κ3) is 7.64. The van der Waals surface area contributed by atoms with Gasteiger partial charge in [-0.15, -0.1) is 24.0 Å². The van der Waals surface area contributed by atoms with Crippen LogP contribution in [0.5, 0.6) is 0 Å². The summed E-state index contributed by atoms with van der Waals surface area (Å²) in [4.78, 5) is 32.8. The quantitative estimate of drug-likeness (QED) is 0.308. The summed E-state index contributed by atoms with van der Waals surface area (Å²) in [6, 6.07) is 8.67.